The minimum absolute atomic E-state index is 0.0353. The van der Waals surface area contributed by atoms with E-state index in [4.69, 9.17) is 20.9 Å². The fourth-order valence-corrected chi connectivity index (χ4v) is 3.62. The van der Waals surface area contributed by atoms with Crippen molar-refractivity contribution in [1.82, 2.24) is 15.5 Å². The fourth-order valence-electron chi connectivity index (χ4n) is 3.36. The summed E-state index contributed by atoms with van der Waals surface area (Å²) in [5.74, 6) is 2.27. The number of aliphatic hydroxyl groups is 1. The molecule has 2 N–H and O–H groups in total. The Bertz CT molecular complexity index is 1000. The number of nitrogens with zero attached hydrogens (tertiary/aromatic N) is 2. The summed E-state index contributed by atoms with van der Waals surface area (Å²) in [5.41, 5.74) is 3.75. The van der Waals surface area contributed by atoms with Gasteiger partial charge in [0.05, 0.1) is 12.6 Å². The Kier molecular flexibility index (Phi) is 5.85. The van der Waals surface area contributed by atoms with Crippen LogP contribution in [0, 0.1) is 5.92 Å². The van der Waals surface area contributed by atoms with Crippen LogP contribution in [0.5, 0.6) is 5.75 Å². The van der Waals surface area contributed by atoms with Gasteiger partial charge in [-0.15, -0.1) is 0 Å². The predicted octanol–water partition coefficient (Wildman–Crippen LogP) is 4.10. The number of benzene rings is 2. The molecule has 2 heterocycles. The standard InChI is InChI=1S/C22H24ClN3O3/c1-13(2)7-14-3-4-16(9-19(14)23)22-25-21(26-29-22)15-5-6-20-17(8-15)10-24-18(11-27)12-28-20/h3-6,8-9,13,18,24,27H,7,10-12H2,1-2H3. The second-order valence-corrected chi connectivity index (χ2v) is 8.13. The van der Waals surface area contributed by atoms with E-state index in [0.717, 1.165) is 34.4 Å². The van der Waals surface area contributed by atoms with Crippen LogP contribution in [-0.2, 0) is 13.0 Å². The molecule has 7 heteroatoms. The molecule has 1 atom stereocenters. The summed E-state index contributed by atoms with van der Waals surface area (Å²) in [6, 6.07) is 11.6. The van der Waals surface area contributed by atoms with E-state index < -0.39 is 0 Å². The van der Waals surface area contributed by atoms with Gasteiger partial charge in [0.1, 0.15) is 12.4 Å². The molecule has 0 radical (unpaired) electrons. The highest BCUT2D eigenvalue weighted by Gasteiger charge is 2.18. The van der Waals surface area contributed by atoms with E-state index in [1.807, 2.05) is 36.4 Å². The highest BCUT2D eigenvalue weighted by Crippen LogP contribution is 2.30. The van der Waals surface area contributed by atoms with E-state index in [1.54, 1.807) is 0 Å². The number of fused-ring (bicyclic) bond motifs is 1. The molecule has 29 heavy (non-hydrogen) atoms. The van der Waals surface area contributed by atoms with Gasteiger partial charge in [-0.1, -0.05) is 36.7 Å². The molecule has 3 aromatic rings. The lowest BCUT2D eigenvalue weighted by atomic mass is 10.0. The number of halogens is 1. The monoisotopic (exact) mass is 413 g/mol. The summed E-state index contributed by atoms with van der Waals surface area (Å²) in [7, 11) is 0. The largest absolute Gasteiger partial charge is 0.492 e. The number of aromatic nitrogens is 2. The molecule has 1 aromatic heterocycles. The van der Waals surface area contributed by atoms with Gasteiger partial charge in [-0.3, -0.25) is 0 Å². The van der Waals surface area contributed by atoms with E-state index in [0.29, 0.717) is 35.8 Å². The zero-order valence-corrected chi connectivity index (χ0v) is 17.2. The van der Waals surface area contributed by atoms with Crippen LogP contribution in [0.3, 0.4) is 0 Å². The minimum Gasteiger partial charge on any atom is -0.492 e. The first kappa shape index (κ1) is 19.9. The molecule has 1 aliphatic heterocycles. The van der Waals surface area contributed by atoms with Crippen molar-refractivity contribution < 1.29 is 14.4 Å². The Balaban J connectivity index is 1.57. The number of ether oxygens (including phenoxy) is 1. The average Bonchev–Trinajstić information content (AvgIpc) is 3.11. The van der Waals surface area contributed by atoms with E-state index >= 15 is 0 Å². The van der Waals surface area contributed by atoms with Crippen LogP contribution in [0.4, 0.5) is 0 Å². The number of hydrogen-bond acceptors (Lipinski definition) is 6. The summed E-state index contributed by atoms with van der Waals surface area (Å²) in [6.45, 7) is 5.40. The van der Waals surface area contributed by atoms with Crippen LogP contribution in [0.25, 0.3) is 22.8 Å². The van der Waals surface area contributed by atoms with Crippen molar-refractivity contribution in [2.45, 2.75) is 32.9 Å². The molecule has 152 valence electrons. The van der Waals surface area contributed by atoms with Crippen LogP contribution >= 0.6 is 11.6 Å². The molecule has 1 aliphatic rings. The third-order valence-electron chi connectivity index (χ3n) is 4.91. The zero-order valence-electron chi connectivity index (χ0n) is 16.5. The van der Waals surface area contributed by atoms with Gasteiger partial charge >= 0.3 is 0 Å². The molecule has 0 bridgehead atoms. The molecule has 0 spiro atoms. The van der Waals surface area contributed by atoms with Gasteiger partial charge in [0.15, 0.2) is 0 Å². The van der Waals surface area contributed by atoms with Gasteiger partial charge in [-0.2, -0.15) is 4.98 Å². The van der Waals surface area contributed by atoms with Crippen LogP contribution < -0.4 is 10.1 Å². The highest BCUT2D eigenvalue weighted by atomic mass is 35.5. The Hall–Kier alpha value is -2.41. The summed E-state index contributed by atoms with van der Waals surface area (Å²) in [6.07, 6.45) is 0.927. The Morgan fingerprint density at radius 2 is 2.03 bits per heavy atom. The molecule has 0 fully saturated rings. The summed E-state index contributed by atoms with van der Waals surface area (Å²) in [5, 5.41) is 17.4. The van der Waals surface area contributed by atoms with Crippen molar-refractivity contribution >= 4 is 11.6 Å². The fraction of sp³-hybridized carbons (Fsp3) is 0.364. The quantitative estimate of drug-likeness (QED) is 0.655. The second kappa shape index (κ2) is 8.53. The smallest absolute Gasteiger partial charge is 0.258 e. The van der Waals surface area contributed by atoms with E-state index in [1.165, 1.54) is 0 Å². The lowest BCUT2D eigenvalue weighted by Gasteiger charge is -2.10. The van der Waals surface area contributed by atoms with Crippen molar-refractivity contribution in [1.29, 1.82) is 0 Å². The van der Waals surface area contributed by atoms with Crippen molar-refractivity contribution in [2.75, 3.05) is 13.2 Å². The van der Waals surface area contributed by atoms with E-state index in [-0.39, 0.29) is 12.6 Å². The van der Waals surface area contributed by atoms with E-state index in [9.17, 15) is 5.11 Å². The van der Waals surface area contributed by atoms with Crippen molar-refractivity contribution in [3.8, 4) is 28.6 Å². The maximum Gasteiger partial charge on any atom is 0.258 e. The first-order chi connectivity index (χ1) is 14.0. The Morgan fingerprint density at radius 3 is 2.79 bits per heavy atom. The third kappa shape index (κ3) is 4.45. The SMILES string of the molecule is CC(C)Cc1ccc(-c2nc(-c3ccc4c(c3)CNC(CO)CO4)no2)cc1Cl. The molecular weight excluding hydrogens is 390 g/mol. The maximum atomic E-state index is 9.33. The van der Waals surface area contributed by atoms with Gasteiger partial charge < -0.3 is 19.7 Å². The summed E-state index contributed by atoms with van der Waals surface area (Å²) < 4.78 is 11.3. The molecule has 2 aromatic carbocycles. The molecular formula is C22H24ClN3O3. The average molecular weight is 414 g/mol. The predicted molar refractivity (Wildman–Crippen MR) is 112 cm³/mol. The van der Waals surface area contributed by atoms with Crippen molar-refractivity contribution in [2.24, 2.45) is 5.92 Å². The Morgan fingerprint density at radius 1 is 1.21 bits per heavy atom. The van der Waals surface area contributed by atoms with Crippen molar-refractivity contribution in [3.63, 3.8) is 0 Å². The zero-order chi connectivity index (χ0) is 20.4. The Labute approximate surface area is 174 Å². The number of aliphatic hydroxyl groups excluding tert-OH is 1. The minimum atomic E-state index is -0.0777. The van der Waals surface area contributed by atoms with Crippen LogP contribution in [0.15, 0.2) is 40.9 Å². The molecule has 0 saturated carbocycles. The second-order valence-electron chi connectivity index (χ2n) is 7.72. The van der Waals surface area contributed by atoms with Crippen LogP contribution in [0.1, 0.15) is 25.0 Å². The van der Waals surface area contributed by atoms with Crippen LogP contribution in [0.2, 0.25) is 5.02 Å². The molecule has 0 saturated heterocycles. The molecule has 1 unspecified atom stereocenters. The van der Waals surface area contributed by atoms with Crippen LogP contribution in [-0.4, -0.2) is 34.5 Å². The van der Waals surface area contributed by atoms with Crippen molar-refractivity contribution in [3.05, 3.63) is 52.5 Å². The van der Waals surface area contributed by atoms with Gasteiger partial charge in [-0.25, -0.2) is 0 Å². The summed E-state index contributed by atoms with van der Waals surface area (Å²) >= 11 is 6.44. The normalized spacial score (nSPS) is 16.4. The first-order valence-electron chi connectivity index (χ1n) is 9.76. The molecule has 0 amide bonds. The third-order valence-corrected chi connectivity index (χ3v) is 5.27. The van der Waals surface area contributed by atoms with E-state index in [2.05, 4.69) is 29.3 Å². The van der Waals surface area contributed by atoms with Gasteiger partial charge in [-0.05, 0) is 48.2 Å². The summed E-state index contributed by atoms with van der Waals surface area (Å²) in [4.78, 5) is 4.55. The molecule has 6 nitrogen and oxygen atoms in total. The molecule has 0 aliphatic carbocycles. The van der Waals surface area contributed by atoms with Gasteiger partial charge in [0.25, 0.3) is 5.89 Å². The van der Waals surface area contributed by atoms with Gasteiger partial charge in [0.2, 0.25) is 5.82 Å². The van der Waals surface area contributed by atoms with Gasteiger partial charge in [0, 0.05) is 28.3 Å². The number of rotatable bonds is 5. The highest BCUT2D eigenvalue weighted by molar-refractivity contribution is 6.31. The topological polar surface area (TPSA) is 80.4 Å². The molecule has 4 rings (SSSR count). The maximum absolute atomic E-state index is 9.33. The number of nitrogens with one attached hydrogen (secondary N) is 1. The lowest BCUT2D eigenvalue weighted by molar-refractivity contribution is 0.191. The lowest BCUT2D eigenvalue weighted by Crippen LogP contribution is -2.35. The first-order valence-corrected chi connectivity index (χ1v) is 10.1. The number of hydrogen-bond donors (Lipinski definition) is 2.